The van der Waals surface area contributed by atoms with E-state index in [4.69, 9.17) is 0 Å². The van der Waals surface area contributed by atoms with Gasteiger partial charge in [0.1, 0.15) is 0 Å². The van der Waals surface area contributed by atoms with E-state index >= 15 is 0 Å². The van der Waals surface area contributed by atoms with E-state index in [1.807, 2.05) is 0 Å². The first-order valence-electron chi connectivity index (χ1n) is 4.70. The van der Waals surface area contributed by atoms with Crippen LogP contribution in [0.3, 0.4) is 0 Å². The van der Waals surface area contributed by atoms with Gasteiger partial charge in [-0.25, -0.2) is 0 Å². The summed E-state index contributed by atoms with van der Waals surface area (Å²) >= 11 is 2.58. The van der Waals surface area contributed by atoms with Crippen LogP contribution in [0.4, 0.5) is 0 Å². The molecule has 2 fully saturated rings. The molecule has 1 N–H and O–H groups in total. The fourth-order valence-electron chi connectivity index (χ4n) is 3.07. The number of hydrogen-bond acceptors (Lipinski definition) is 1. The van der Waals surface area contributed by atoms with Crippen molar-refractivity contribution in [2.24, 2.45) is 10.8 Å². The molecule has 0 aromatic heterocycles. The van der Waals surface area contributed by atoms with Gasteiger partial charge in [-0.05, 0) is 30.1 Å². The Balaban J connectivity index is 2.49. The molecule has 2 bridgehead atoms. The first kappa shape index (κ1) is 9.25. The highest BCUT2D eigenvalue weighted by Crippen LogP contribution is 2.70. The number of fused-ring (bicyclic) bond motifs is 2. The van der Waals surface area contributed by atoms with E-state index < -0.39 is 0 Å². The lowest BCUT2D eigenvalue weighted by Crippen LogP contribution is -2.37. The van der Waals surface area contributed by atoms with E-state index in [1.165, 1.54) is 12.8 Å². The van der Waals surface area contributed by atoms with Crippen molar-refractivity contribution in [3.63, 3.8) is 0 Å². The van der Waals surface area contributed by atoms with Gasteiger partial charge in [0.25, 0.3) is 0 Å². The smallest absolute Gasteiger partial charge is 0.0612 e. The van der Waals surface area contributed by atoms with Crippen molar-refractivity contribution in [1.29, 1.82) is 0 Å². The van der Waals surface area contributed by atoms with Gasteiger partial charge < -0.3 is 5.11 Å². The normalized spacial score (nSPS) is 56.2. The third-order valence-electron chi connectivity index (χ3n) is 4.84. The van der Waals surface area contributed by atoms with E-state index in [1.54, 1.807) is 0 Å². The first-order valence-corrected chi connectivity index (χ1v) is 5.78. The lowest BCUT2D eigenvalue weighted by atomic mass is 9.70. The second-order valence-electron chi connectivity index (χ2n) is 5.23. The summed E-state index contributed by atoms with van der Waals surface area (Å²) in [6.45, 7) is 6.90. The summed E-state index contributed by atoms with van der Waals surface area (Å²) in [5, 5.41) is 9.97. The second-order valence-corrected chi connectivity index (χ2v) is 7.29. The van der Waals surface area contributed by atoms with Crippen LogP contribution in [0.1, 0.15) is 40.0 Å². The zero-order chi connectivity index (χ0) is 9.20. The summed E-state index contributed by atoms with van der Waals surface area (Å²) < 4.78 is 0.360. The van der Waals surface area contributed by atoms with Crippen LogP contribution in [0.25, 0.3) is 0 Å². The van der Waals surface area contributed by atoms with Crippen LogP contribution in [-0.2, 0) is 0 Å². The molecular weight excluding hydrogens is 263 g/mol. The van der Waals surface area contributed by atoms with Gasteiger partial charge in [0.15, 0.2) is 0 Å². The number of aliphatic hydroxyl groups is 1. The van der Waals surface area contributed by atoms with Gasteiger partial charge >= 0.3 is 0 Å². The maximum absolute atomic E-state index is 9.97. The minimum atomic E-state index is -0.0712. The summed E-state index contributed by atoms with van der Waals surface area (Å²) in [6.07, 6.45) is 3.41. The Morgan fingerprint density at radius 3 is 2.00 bits per heavy atom. The van der Waals surface area contributed by atoms with Gasteiger partial charge in [-0.15, -0.1) is 0 Å². The van der Waals surface area contributed by atoms with E-state index in [0.717, 1.165) is 6.42 Å². The molecule has 2 heteroatoms. The second kappa shape index (κ2) is 2.19. The molecule has 0 amide bonds. The topological polar surface area (TPSA) is 20.2 Å². The van der Waals surface area contributed by atoms with Crippen LogP contribution in [-0.4, -0.2) is 14.6 Å². The molecule has 2 rings (SSSR count). The predicted molar refractivity (Wildman–Crippen MR) is 58.5 cm³/mol. The fraction of sp³-hybridized carbons (Fsp3) is 1.00. The minimum absolute atomic E-state index is 0.0712. The molecule has 0 aromatic carbocycles. The SMILES string of the molecule is CC1(C)[C@@]2(I)CC[C@@]1(C)[C@@H](O)C2. The molecule has 0 unspecified atom stereocenters. The number of alkyl halides is 1. The van der Waals surface area contributed by atoms with Crippen molar-refractivity contribution in [2.45, 2.75) is 49.6 Å². The summed E-state index contributed by atoms with van der Waals surface area (Å²) in [5.41, 5.74) is 0.480. The minimum Gasteiger partial charge on any atom is -0.392 e. The maximum Gasteiger partial charge on any atom is 0.0612 e. The third kappa shape index (κ3) is 0.746. The fourth-order valence-corrected chi connectivity index (χ4v) is 4.37. The van der Waals surface area contributed by atoms with E-state index in [-0.39, 0.29) is 11.5 Å². The standard InChI is InChI=1S/C10H17IO/c1-8(2)9(3)4-5-10(8,11)6-7(9)12/h7,12H,4-6H2,1-3H3/t7-,9-,10+/m0/s1. The van der Waals surface area contributed by atoms with E-state index in [0.29, 0.717) is 8.84 Å². The highest BCUT2D eigenvalue weighted by molar-refractivity contribution is 14.1. The Morgan fingerprint density at radius 2 is 1.83 bits per heavy atom. The number of aliphatic hydroxyl groups excluding tert-OH is 1. The molecule has 0 aliphatic heterocycles. The average Bonchev–Trinajstić information content (AvgIpc) is 2.18. The molecule has 2 aliphatic rings. The molecule has 2 aliphatic carbocycles. The lowest BCUT2D eigenvalue weighted by Gasteiger charge is -2.38. The molecule has 0 saturated heterocycles. The van der Waals surface area contributed by atoms with E-state index in [2.05, 4.69) is 43.4 Å². The quantitative estimate of drug-likeness (QED) is 0.534. The number of hydrogen-bond donors (Lipinski definition) is 1. The Bertz CT molecular complexity index is 223. The summed E-state index contributed by atoms with van der Waals surface area (Å²) in [4.78, 5) is 0. The largest absolute Gasteiger partial charge is 0.392 e. The lowest BCUT2D eigenvalue weighted by molar-refractivity contribution is 0.0129. The molecule has 1 nitrogen and oxygen atoms in total. The molecule has 3 atom stereocenters. The first-order chi connectivity index (χ1) is 5.33. The van der Waals surface area contributed by atoms with Gasteiger partial charge in [0.2, 0.25) is 0 Å². The molecule has 0 aromatic rings. The van der Waals surface area contributed by atoms with Crippen LogP contribution < -0.4 is 0 Å². The van der Waals surface area contributed by atoms with Crippen molar-refractivity contribution in [2.75, 3.05) is 0 Å². The molecule has 12 heavy (non-hydrogen) atoms. The van der Waals surface area contributed by atoms with Gasteiger partial charge in [-0.1, -0.05) is 43.4 Å². The molecule has 2 saturated carbocycles. The van der Waals surface area contributed by atoms with Crippen LogP contribution in [0.2, 0.25) is 0 Å². The van der Waals surface area contributed by atoms with Gasteiger partial charge in [-0.2, -0.15) is 0 Å². The van der Waals surface area contributed by atoms with Gasteiger partial charge in [-0.3, -0.25) is 0 Å². The molecule has 70 valence electrons. The van der Waals surface area contributed by atoms with Crippen LogP contribution in [0.15, 0.2) is 0 Å². The Hall–Kier alpha value is 0.690. The van der Waals surface area contributed by atoms with Crippen LogP contribution in [0.5, 0.6) is 0 Å². The summed E-state index contributed by atoms with van der Waals surface area (Å²) in [5.74, 6) is 0. The summed E-state index contributed by atoms with van der Waals surface area (Å²) in [7, 11) is 0. The number of halogens is 1. The van der Waals surface area contributed by atoms with Crippen molar-refractivity contribution in [3.8, 4) is 0 Å². The highest BCUT2D eigenvalue weighted by Gasteiger charge is 2.68. The average molecular weight is 280 g/mol. The molecule has 0 radical (unpaired) electrons. The Morgan fingerprint density at radius 1 is 1.25 bits per heavy atom. The van der Waals surface area contributed by atoms with Gasteiger partial charge in [0.05, 0.1) is 6.10 Å². The highest BCUT2D eigenvalue weighted by atomic mass is 127. The van der Waals surface area contributed by atoms with E-state index in [9.17, 15) is 5.11 Å². The Kier molecular flexibility index (Phi) is 1.69. The van der Waals surface area contributed by atoms with Crippen molar-refractivity contribution in [3.05, 3.63) is 0 Å². The molecular formula is C10H17IO. The predicted octanol–water partition coefficient (Wildman–Crippen LogP) is 2.75. The Labute approximate surface area is 88.1 Å². The molecule has 0 heterocycles. The van der Waals surface area contributed by atoms with Crippen LogP contribution in [0, 0.1) is 10.8 Å². The monoisotopic (exact) mass is 280 g/mol. The van der Waals surface area contributed by atoms with Crippen molar-refractivity contribution < 1.29 is 5.11 Å². The maximum atomic E-state index is 9.97. The van der Waals surface area contributed by atoms with Crippen LogP contribution >= 0.6 is 22.6 Å². The van der Waals surface area contributed by atoms with Crippen molar-refractivity contribution >= 4 is 22.6 Å². The summed E-state index contributed by atoms with van der Waals surface area (Å²) in [6, 6.07) is 0. The van der Waals surface area contributed by atoms with Gasteiger partial charge in [0, 0.05) is 3.42 Å². The van der Waals surface area contributed by atoms with Crippen molar-refractivity contribution in [1.82, 2.24) is 0 Å². The zero-order valence-corrected chi connectivity index (χ0v) is 10.2. The zero-order valence-electron chi connectivity index (χ0n) is 8.02. The number of rotatable bonds is 0. The third-order valence-corrected chi connectivity index (χ3v) is 7.17. The molecule has 0 spiro atoms.